The number of nitrogen functional groups attached to an aromatic ring is 1. The molecule has 6 heteroatoms. The fourth-order valence-corrected chi connectivity index (χ4v) is 2.85. The summed E-state index contributed by atoms with van der Waals surface area (Å²) < 4.78 is 1.98. The van der Waals surface area contributed by atoms with E-state index in [1.54, 1.807) is 0 Å². The molecule has 1 aliphatic carbocycles. The highest BCUT2D eigenvalue weighted by Crippen LogP contribution is 2.33. The van der Waals surface area contributed by atoms with Crippen LogP contribution in [0.15, 0.2) is 0 Å². The zero-order valence-electron chi connectivity index (χ0n) is 11.7. The first kappa shape index (κ1) is 12.2. The molecule has 102 valence electrons. The summed E-state index contributed by atoms with van der Waals surface area (Å²) in [6, 6.07) is 0. The zero-order valence-corrected chi connectivity index (χ0v) is 11.7. The summed E-state index contributed by atoms with van der Waals surface area (Å²) in [5.41, 5.74) is 7.59. The Kier molecular flexibility index (Phi) is 2.80. The Morgan fingerprint density at radius 1 is 1.16 bits per heavy atom. The molecule has 0 aliphatic heterocycles. The van der Waals surface area contributed by atoms with Crippen molar-refractivity contribution in [1.29, 1.82) is 0 Å². The van der Waals surface area contributed by atoms with Gasteiger partial charge in [0.05, 0.1) is 0 Å². The van der Waals surface area contributed by atoms with Gasteiger partial charge in [-0.15, -0.1) is 0 Å². The predicted octanol–water partition coefficient (Wildman–Crippen LogP) is 1.67. The first-order valence-corrected chi connectivity index (χ1v) is 6.75. The number of rotatable bonds is 2. The van der Waals surface area contributed by atoms with Crippen LogP contribution >= 0.6 is 0 Å². The lowest BCUT2D eigenvalue weighted by Gasteiger charge is -2.11. The van der Waals surface area contributed by atoms with Gasteiger partial charge in [-0.1, -0.05) is 12.8 Å². The average Bonchev–Trinajstić information content (AvgIpc) is 2.98. The van der Waals surface area contributed by atoms with Crippen molar-refractivity contribution in [2.75, 3.05) is 24.7 Å². The van der Waals surface area contributed by atoms with Gasteiger partial charge in [0.25, 0.3) is 0 Å². The van der Waals surface area contributed by atoms with E-state index in [-0.39, 0.29) is 0 Å². The Hall–Kier alpha value is -1.85. The van der Waals surface area contributed by atoms with Crippen molar-refractivity contribution in [3.8, 4) is 0 Å². The Bertz CT molecular complexity index is 609. The molecule has 2 N–H and O–H groups in total. The molecule has 19 heavy (non-hydrogen) atoms. The Labute approximate surface area is 112 Å². The van der Waals surface area contributed by atoms with E-state index in [9.17, 15) is 0 Å². The molecule has 0 aromatic carbocycles. The monoisotopic (exact) mass is 260 g/mol. The zero-order chi connectivity index (χ0) is 13.6. The van der Waals surface area contributed by atoms with Crippen molar-refractivity contribution in [3.05, 3.63) is 5.82 Å². The third-order valence-electron chi connectivity index (χ3n) is 3.86. The first-order valence-electron chi connectivity index (χ1n) is 6.75. The maximum atomic E-state index is 6.06. The summed E-state index contributed by atoms with van der Waals surface area (Å²) >= 11 is 0. The van der Waals surface area contributed by atoms with Gasteiger partial charge >= 0.3 is 0 Å². The highest BCUT2D eigenvalue weighted by atomic mass is 15.3. The lowest BCUT2D eigenvalue weighted by atomic mass is 10.1. The minimum Gasteiger partial charge on any atom is -0.382 e. The summed E-state index contributed by atoms with van der Waals surface area (Å²) in [4.78, 5) is 15.6. The van der Waals surface area contributed by atoms with Crippen molar-refractivity contribution in [2.24, 2.45) is 7.05 Å². The van der Waals surface area contributed by atoms with Gasteiger partial charge in [0.1, 0.15) is 5.82 Å². The molecule has 2 aromatic rings. The maximum absolute atomic E-state index is 6.06. The van der Waals surface area contributed by atoms with Crippen molar-refractivity contribution in [1.82, 2.24) is 19.5 Å². The standard InChI is InChI=1S/C13H20N6/c1-18(2)13-15-9-10(14)16-11(8-6-4-5-7-8)17-12(9)19(13)3/h8H,4-7H2,1-3H3,(H2,14,16,17). The van der Waals surface area contributed by atoms with Crippen LogP contribution in [0.5, 0.6) is 0 Å². The van der Waals surface area contributed by atoms with Crippen LogP contribution in [0.4, 0.5) is 11.8 Å². The minimum absolute atomic E-state index is 0.462. The Morgan fingerprint density at radius 3 is 2.47 bits per heavy atom. The van der Waals surface area contributed by atoms with E-state index in [1.165, 1.54) is 25.7 Å². The van der Waals surface area contributed by atoms with Crippen LogP contribution in [-0.2, 0) is 7.05 Å². The highest BCUT2D eigenvalue weighted by Gasteiger charge is 2.23. The molecular formula is C13H20N6. The third kappa shape index (κ3) is 1.91. The second-order valence-electron chi connectivity index (χ2n) is 5.49. The van der Waals surface area contributed by atoms with Crippen LogP contribution in [0.1, 0.15) is 37.4 Å². The van der Waals surface area contributed by atoms with E-state index in [0.717, 1.165) is 17.4 Å². The third-order valence-corrected chi connectivity index (χ3v) is 3.86. The molecule has 0 amide bonds. The van der Waals surface area contributed by atoms with Gasteiger partial charge < -0.3 is 10.6 Å². The highest BCUT2D eigenvalue weighted by molar-refractivity contribution is 5.84. The molecule has 6 nitrogen and oxygen atoms in total. The smallest absolute Gasteiger partial charge is 0.207 e. The lowest BCUT2D eigenvalue weighted by molar-refractivity contribution is 0.671. The molecule has 2 aromatic heterocycles. The number of aromatic nitrogens is 4. The number of imidazole rings is 1. The van der Waals surface area contributed by atoms with Crippen LogP contribution in [0.25, 0.3) is 11.2 Å². The number of hydrogen-bond acceptors (Lipinski definition) is 5. The Morgan fingerprint density at radius 2 is 1.84 bits per heavy atom. The molecule has 0 saturated heterocycles. The molecule has 0 radical (unpaired) electrons. The molecule has 2 heterocycles. The van der Waals surface area contributed by atoms with Gasteiger partial charge in [0.2, 0.25) is 5.95 Å². The lowest BCUT2D eigenvalue weighted by Crippen LogP contribution is -2.13. The van der Waals surface area contributed by atoms with Gasteiger partial charge in [0, 0.05) is 27.1 Å². The molecule has 1 saturated carbocycles. The van der Waals surface area contributed by atoms with Gasteiger partial charge in [-0.25, -0.2) is 15.0 Å². The molecule has 1 aliphatic rings. The van der Waals surface area contributed by atoms with E-state index < -0.39 is 0 Å². The number of nitrogens with two attached hydrogens (primary N) is 1. The van der Waals surface area contributed by atoms with Crippen LogP contribution in [0.2, 0.25) is 0 Å². The number of aryl methyl sites for hydroxylation is 1. The number of fused-ring (bicyclic) bond motifs is 1. The predicted molar refractivity (Wildman–Crippen MR) is 76.3 cm³/mol. The largest absolute Gasteiger partial charge is 0.382 e. The normalized spacial score (nSPS) is 16.4. The quantitative estimate of drug-likeness (QED) is 0.889. The van der Waals surface area contributed by atoms with E-state index >= 15 is 0 Å². The summed E-state index contributed by atoms with van der Waals surface area (Å²) in [6.45, 7) is 0. The van der Waals surface area contributed by atoms with Crippen molar-refractivity contribution >= 4 is 22.9 Å². The number of hydrogen-bond donors (Lipinski definition) is 1. The summed E-state index contributed by atoms with van der Waals surface area (Å²) in [5.74, 6) is 2.69. The molecule has 3 rings (SSSR count). The molecule has 1 fully saturated rings. The fraction of sp³-hybridized carbons (Fsp3) is 0.615. The molecule has 0 atom stereocenters. The van der Waals surface area contributed by atoms with Gasteiger partial charge in [-0.05, 0) is 12.8 Å². The second-order valence-corrected chi connectivity index (χ2v) is 5.49. The molecule has 0 unspecified atom stereocenters. The summed E-state index contributed by atoms with van der Waals surface area (Å²) in [7, 11) is 5.89. The van der Waals surface area contributed by atoms with Crippen LogP contribution < -0.4 is 10.6 Å². The summed E-state index contributed by atoms with van der Waals surface area (Å²) in [5, 5.41) is 0. The molecule has 0 spiro atoms. The van der Waals surface area contributed by atoms with Crippen molar-refractivity contribution < 1.29 is 0 Å². The summed E-state index contributed by atoms with van der Waals surface area (Å²) in [6.07, 6.45) is 4.87. The first-order chi connectivity index (χ1) is 9.08. The second kappa shape index (κ2) is 4.36. The topological polar surface area (TPSA) is 72.9 Å². The van der Waals surface area contributed by atoms with Gasteiger partial charge in [-0.2, -0.15) is 0 Å². The number of anilines is 2. The van der Waals surface area contributed by atoms with Crippen molar-refractivity contribution in [2.45, 2.75) is 31.6 Å². The van der Waals surface area contributed by atoms with Crippen LogP contribution in [0.3, 0.4) is 0 Å². The Balaban J connectivity index is 2.16. The molecular weight excluding hydrogens is 240 g/mol. The van der Waals surface area contributed by atoms with Crippen LogP contribution in [-0.4, -0.2) is 33.6 Å². The van der Waals surface area contributed by atoms with E-state index in [0.29, 0.717) is 17.3 Å². The SMILES string of the molecule is CN(C)c1nc2c(N)nc(C3CCCC3)nc2n1C. The van der Waals surface area contributed by atoms with Gasteiger partial charge in [0.15, 0.2) is 17.0 Å². The van der Waals surface area contributed by atoms with E-state index in [1.807, 2.05) is 30.6 Å². The number of nitrogens with zero attached hydrogens (tertiary/aromatic N) is 5. The molecule has 0 bridgehead atoms. The average molecular weight is 260 g/mol. The minimum atomic E-state index is 0.462. The fourth-order valence-electron chi connectivity index (χ4n) is 2.85. The van der Waals surface area contributed by atoms with Gasteiger partial charge in [-0.3, -0.25) is 4.57 Å². The van der Waals surface area contributed by atoms with Crippen LogP contribution in [0, 0.1) is 0 Å². The van der Waals surface area contributed by atoms with Crippen molar-refractivity contribution in [3.63, 3.8) is 0 Å². The van der Waals surface area contributed by atoms with E-state index in [4.69, 9.17) is 10.7 Å². The van der Waals surface area contributed by atoms with E-state index in [2.05, 4.69) is 9.97 Å². The maximum Gasteiger partial charge on any atom is 0.207 e.